The van der Waals surface area contributed by atoms with Gasteiger partial charge >= 0.3 is 0 Å². The molecule has 1 aliphatic heterocycles. The molecule has 2 aromatic rings. The van der Waals surface area contributed by atoms with E-state index in [1.807, 2.05) is 24.3 Å². The summed E-state index contributed by atoms with van der Waals surface area (Å²) < 4.78 is 6.89. The number of anilines is 1. The Kier molecular flexibility index (Phi) is 3.68. The van der Waals surface area contributed by atoms with Crippen molar-refractivity contribution >= 4 is 11.6 Å². The van der Waals surface area contributed by atoms with Gasteiger partial charge in [-0.05, 0) is 37.1 Å². The minimum Gasteiger partial charge on any atom is -0.381 e. The number of benzene rings is 1. The molecule has 110 valence electrons. The summed E-state index contributed by atoms with van der Waals surface area (Å²) in [7, 11) is 0. The first-order valence-electron chi connectivity index (χ1n) is 6.81. The molecule has 7 nitrogen and oxygen atoms in total. The number of carbonyl (C=O) groups is 1. The molecule has 0 spiro atoms. The van der Waals surface area contributed by atoms with Crippen molar-refractivity contribution in [3.63, 3.8) is 0 Å². The minimum atomic E-state index is -0.844. The number of carbonyl (C=O) groups excluding carboxylic acids is 1. The van der Waals surface area contributed by atoms with Gasteiger partial charge in [0.1, 0.15) is 18.2 Å². The Balaban J connectivity index is 1.69. The van der Waals surface area contributed by atoms with Gasteiger partial charge in [0.15, 0.2) is 0 Å². The van der Waals surface area contributed by atoms with Crippen molar-refractivity contribution in [2.45, 2.75) is 18.4 Å². The van der Waals surface area contributed by atoms with Gasteiger partial charge in [-0.3, -0.25) is 4.79 Å². The number of ether oxygens (including phenoxy) is 1. The second-order valence-corrected chi connectivity index (χ2v) is 5.11. The first kappa shape index (κ1) is 13.7. The van der Waals surface area contributed by atoms with E-state index in [1.54, 1.807) is 11.0 Å². The summed E-state index contributed by atoms with van der Waals surface area (Å²) in [5.41, 5.74) is 6.88. The summed E-state index contributed by atoms with van der Waals surface area (Å²) in [6, 6.07) is 7.35. The third-order valence-corrected chi connectivity index (χ3v) is 3.65. The third-order valence-electron chi connectivity index (χ3n) is 3.65. The summed E-state index contributed by atoms with van der Waals surface area (Å²) in [5.74, 6) is -0.167. The van der Waals surface area contributed by atoms with E-state index < -0.39 is 5.54 Å². The molecule has 21 heavy (non-hydrogen) atoms. The average molecular weight is 287 g/mol. The number of nitrogens with two attached hydrogens (primary N) is 1. The smallest absolute Gasteiger partial charge is 0.244 e. The van der Waals surface area contributed by atoms with Crippen molar-refractivity contribution in [1.82, 2.24) is 14.8 Å². The van der Waals surface area contributed by atoms with Crippen molar-refractivity contribution in [2.75, 3.05) is 18.5 Å². The summed E-state index contributed by atoms with van der Waals surface area (Å²) >= 11 is 0. The molecule has 7 heteroatoms. The zero-order valence-corrected chi connectivity index (χ0v) is 11.5. The van der Waals surface area contributed by atoms with Crippen LogP contribution in [0.2, 0.25) is 0 Å². The van der Waals surface area contributed by atoms with Crippen LogP contribution in [0.5, 0.6) is 0 Å². The molecule has 1 fully saturated rings. The Morgan fingerprint density at radius 1 is 1.29 bits per heavy atom. The number of nitrogens with one attached hydrogen (secondary N) is 1. The molecule has 1 amide bonds. The zero-order valence-electron chi connectivity index (χ0n) is 11.5. The normalized spacial score (nSPS) is 17.4. The highest BCUT2D eigenvalue weighted by Gasteiger charge is 2.35. The molecule has 0 bridgehead atoms. The van der Waals surface area contributed by atoms with Gasteiger partial charge in [-0.1, -0.05) is 0 Å². The molecule has 1 aromatic heterocycles. The van der Waals surface area contributed by atoms with E-state index >= 15 is 0 Å². The lowest BCUT2D eigenvalue weighted by Crippen LogP contribution is -2.54. The maximum Gasteiger partial charge on any atom is 0.244 e. The summed E-state index contributed by atoms with van der Waals surface area (Å²) in [4.78, 5) is 16.2. The van der Waals surface area contributed by atoms with E-state index in [-0.39, 0.29) is 5.91 Å². The van der Waals surface area contributed by atoms with Gasteiger partial charge in [-0.2, -0.15) is 5.10 Å². The van der Waals surface area contributed by atoms with Gasteiger partial charge in [0, 0.05) is 18.9 Å². The highest BCUT2D eigenvalue weighted by atomic mass is 16.5. The van der Waals surface area contributed by atoms with Gasteiger partial charge in [0.25, 0.3) is 0 Å². The van der Waals surface area contributed by atoms with Gasteiger partial charge < -0.3 is 15.8 Å². The molecule has 1 saturated heterocycles. The topological polar surface area (TPSA) is 95.1 Å². The Bertz CT molecular complexity index is 603. The fraction of sp³-hybridized carbons (Fsp3) is 0.357. The Morgan fingerprint density at radius 2 is 2.00 bits per heavy atom. The lowest BCUT2D eigenvalue weighted by molar-refractivity contribution is -0.124. The summed E-state index contributed by atoms with van der Waals surface area (Å²) in [5, 5.41) is 6.91. The van der Waals surface area contributed by atoms with E-state index in [1.165, 1.54) is 6.33 Å². The van der Waals surface area contributed by atoms with Gasteiger partial charge in [-0.15, -0.1) is 0 Å². The van der Waals surface area contributed by atoms with Crippen molar-refractivity contribution < 1.29 is 9.53 Å². The van der Waals surface area contributed by atoms with Crippen LogP contribution >= 0.6 is 0 Å². The molecule has 1 aliphatic rings. The average Bonchev–Trinajstić information content (AvgIpc) is 3.03. The van der Waals surface area contributed by atoms with Crippen LogP contribution in [0.3, 0.4) is 0 Å². The van der Waals surface area contributed by atoms with Crippen molar-refractivity contribution in [3.8, 4) is 5.69 Å². The van der Waals surface area contributed by atoms with Crippen LogP contribution in [-0.4, -0.2) is 39.4 Å². The Morgan fingerprint density at radius 3 is 2.62 bits per heavy atom. The molecule has 2 heterocycles. The second-order valence-electron chi connectivity index (χ2n) is 5.11. The number of amides is 1. The first-order valence-corrected chi connectivity index (χ1v) is 6.81. The van der Waals surface area contributed by atoms with E-state index in [0.29, 0.717) is 31.7 Å². The first-order chi connectivity index (χ1) is 10.2. The van der Waals surface area contributed by atoms with Crippen LogP contribution in [0.4, 0.5) is 5.69 Å². The van der Waals surface area contributed by atoms with Crippen molar-refractivity contribution in [3.05, 3.63) is 36.9 Å². The van der Waals surface area contributed by atoms with E-state index in [9.17, 15) is 4.79 Å². The van der Waals surface area contributed by atoms with Crippen LogP contribution in [0.25, 0.3) is 5.69 Å². The molecule has 0 radical (unpaired) electrons. The van der Waals surface area contributed by atoms with Crippen LogP contribution in [0, 0.1) is 0 Å². The standard InChI is InChI=1S/C14H17N5O2/c15-14(5-7-21-8-6-14)13(20)18-11-1-3-12(4-2-11)19-10-16-9-17-19/h1-4,9-10H,5-8,15H2,(H,18,20). The van der Waals surface area contributed by atoms with Crippen LogP contribution < -0.4 is 11.1 Å². The lowest BCUT2D eigenvalue weighted by Gasteiger charge is -2.31. The maximum absolute atomic E-state index is 12.3. The molecule has 3 N–H and O–H groups in total. The van der Waals surface area contributed by atoms with Crippen molar-refractivity contribution in [1.29, 1.82) is 0 Å². The number of hydrogen-bond acceptors (Lipinski definition) is 5. The fourth-order valence-corrected chi connectivity index (χ4v) is 2.26. The van der Waals surface area contributed by atoms with E-state index in [4.69, 9.17) is 10.5 Å². The molecule has 0 unspecified atom stereocenters. The van der Waals surface area contributed by atoms with E-state index in [0.717, 1.165) is 5.69 Å². The SMILES string of the molecule is NC1(C(=O)Nc2ccc(-n3cncn3)cc2)CCOCC1. The number of rotatable bonds is 3. The second kappa shape index (κ2) is 5.63. The fourth-order valence-electron chi connectivity index (χ4n) is 2.26. The molecule has 0 atom stereocenters. The third kappa shape index (κ3) is 2.93. The summed E-state index contributed by atoms with van der Waals surface area (Å²) in [6.45, 7) is 1.05. The van der Waals surface area contributed by atoms with Crippen molar-refractivity contribution in [2.24, 2.45) is 5.73 Å². The van der Waals surface area contributed by atoms with Gasteiger partial charge in [-0.25, -0.2) is 9.67 Å². The zero-order chi connectivity index (χ0) is 14.7. The Labute approximate surface area is 122 Å². The van der Waals surface area contributed by atoms with Crippen LogP contribution in [0.1, 0.15) is 12.8 Å². The summed E-state index contributed by atoms with van der Waals surface area (Å²) in [6.07, 6.45) is 4.16. The Hall–Kier alpha value is -2.25. The highest BCUT2D eigenvalue weighted by Crippen LogP contribution is 2.20. The maximum atomic E-state index is 12.3. The number of nitrogens with zero attached hydrogens (tertiary/aromatic N) is 3. The molecule has 3 rings (SSSR count). The van der Waals surface area contributed by atoms with Crippen LogP contribution in [-0.2, 0) is 9.53 Å². The van der Waals surface area contributed by atoms with E-state index in [2.05, 4.69) is 15.4 Å². The molecule has 0 saturated carbocycles. The molecule has 1 aromatic carbocycles. The predicted octanol–water partition coefficient (Wildman–Crippen LogP) is 0.714. The molecule has 0 aliphatic carbocycles. The number of aromatic nitrogens is 3. The monoisotopic (exact) mass is 287 g/mol. The van der Waals surface area contributed by atoms with Crippen LogP contribution in [0.15, 0.2) is 36.9 Å². The highest BCUT2D eigenvalue weighted by molar-refractivity contribution is 5.98. The largest absolute Gasteiger partial charge is 0.381 e. The van der Waals surface area contributed by atoms with Gasteiger partial charge in [0.2, 0.25) is 5.91 Å². The molecular formula is C14H17N5O2. The molecular weight excluding hydrogens is 270 g/mol. The quantitative estimate of drug-likeness (QED) is 0.867. The minimum absolute atomic E-state index is 0.167. The lowest BCUT2D eigenvalue weighted by atomic mass is 9.90. The van der Waals surface area contributed by atoms with Gasteiger partial charge in [0.05, 0.1) is 5.69 Å². The predicted molar refractivity (Wildman–Crippen MR) is 77.0 cm³/mol. The number of hydrogen-bond donors (Lipinski definition) is 2.